The van der Waals surface area contributed by atoms with E-state index in [1.807, 2.05) is 31.2 Å². The second-order valence-electron chi connectivity index (χ2n) is 4.65. The van der Waals surface area contributed by atoms with Crippen LogP contribution in [0.4, 0.5) is 0 Å². The van der Waals surface area contributed by atoms with E-state index in [2.05, 4.69) is 0 Å². The highest BCUT2D eigenvalue weighted by Gasteiger charge is 2.20. The van der Waals surface area contributed by atoms with Gasteiger partial charge in [-0.1, -0.05) is 29.8 Å². The van der Waals surface area contributed by atoms with Crippen LogP contribution in [0, 0.1) is 6.92 Å². The Hall–Kier alpha value is -2.75. The summed E-state index contributed by atoms with van der Waals surface area (Å²) in [6.45, 7) is 1.96. The van der Waals surface area contributed by atoms with Gasteiger partial charge in [0.2, 0.25) is 0 Å². The number of carboxylic acids is 1. The van der Waals surface area contributed by atoms with E-state index in [9.17, 15) is 15.0 Å². The number of aromatic hydroxyl groups is 1. The summed E-state index contributed by atoms with van der Waals surface area (Å²) >= 11 is 0. The van der Waals surface area contributed by atoms with Crippen LogP contribution in [0.5, 0.6) is 5.75 Å². The van der Waals surface area contributed by atoms with E-state index in [0.29, 0.717) is 16.5 Å². The maximum Gasteiger partial charge on any atom is 0.336 e. The van der Waals surface area contributed by atoms with E-state index in [1.54, 1.807) is 6.07 Å². The number of carbonyl (C=O) groups is 1. The molecular weight excluding hydrogens is 256 g/mol. The molecule has 0 unspecified atom stereocenters. The average molecular weight is 268 g/mol. The van der Waals surface area contributed by atoms with Gasteiger partial charge in [-0.2, -0.15) is 0 Å². The van der Waals surface area contributed by atoms with E-state index in [1.165, 1.54) is 12.3 Å². The van der Waals surface area contributed by atoms with E-state index in [4.69, 9.17) is 4.42 Å². The van der Waals surface area contributed by atoms with Crippen molar-refractivity contribution in [3.8, 4) is 16.9 Å². The van der Waals surface area contributed by atoms with Crippen molar-refractivity contribution in [2.24, 2.45) is 0 Å². The Labute approximate surface area is 114 Å². The highest BCUT2D eigenvalue weighted by atomic mass is 16.4. The molecule has 0 saturated carbocycles. The van der Waals surface area contributed by atoms with Crippen LogP contribution in [0.3, 0.4) is 0 Å². The van der Waals surface area contributed by atoms with Crippen LogP contribution < -0.4 is 0 Å². The Morgan fingerprint density at radius 3 is 2.50 bits per heavy atom. The lowest BCUT2D eigenvalue weighted by molar-refractivity contribution is 0.0697. The van der Waals surface area contributed by atoms with Gasteiger partial charge in [0.1, 0.15) is 11.3 Å². The van der Waals surface area contributed by atoms with Gasteiger partial charge in [0.05, 0.1) is 17.2 Å². The predicted molar refractivity (Wildman–Crippen MR) is 75.0 cm³/mol. The molecule has 2 N–H and O–H groups in total. The van der Waals surface area contributed by atoms with Crippen molar-refractivity contribution in [3.05, 3.63) is 53.8 Å². The molecule has 2 aromatic carbocycles. The SMILES string of the molecule is Cc1ccc(-c2c(C(=O)O)cc(O)c3ccoc23)cc1. The van der Waals surface area contributed by atoms with Gasteiger partial charge < -0.3 is 14.6 Å². The number of phenols is 1. The Morgan fingerprint density at radius 1 is 1.15 bits per heavy atom. The average Bonchev–Trinajstić information content (AvgIpc) is 2.89. The minimum absolute atomic E-state index is 0.0220. The number of phenolic OH excluding ortho intramolecular Hbond substituents is 1. The number of fused-ring (bicyclic) bond motifs is 1. The Balaban J connectivity index is 2.40. The van der Waals surface area contributed by atoms with E-state index in [0.717, 1.165) is 11.1 Å². The number of aryl methyl sites for hydroxylation is 1. The summed E-state index contributed by atoms with van der Waals surface area (Å²) in [4.78, 5) is 11.4. The van der Waals surface area contributed by atoms with Crippen LogP contribution >= 0.6 is 0 Å². The molecule has 1 heterocycles. The topological polar surface area (TPSA) is 70.7 Å². The molecule has 20 heavy (non-hydrogen) atoms. The summed E-state index contributed by atoms with van der Waals surface area (Å²) in [5, 5.41) is 19.7. The van der Waals surface area contributed by atoms with Gasteiger partial charge in [0.25, 0.3) is 0 Å². The molecule has 4 nitrogen and oxygen atoms in total. The van der Waals surface area contributed by atoms with Gasteiger partial charge in [-0.05, 0) is 24.6 Å². The fourth-order valence-electron chi connectivity index (χ4n) is 2.29. The zero-order valence-corrected chi connectivity index (χ0v) is 10.8. The quantitative estimate of drug-likeness (QED) is 0.741. The monoisotopic (exact) mass is 268 g/mol. The largest absolute Gasteiger partial charge is 0.507 e. The third-order valence-corrected chi connectivity index (χ3v) is 3.29. The van der Waals surface area contributed by atoms with Crippen molar-refractivity contribution in [2.45, 2.75) is 6.92 Å². The second kappa shape index (κ2) is 4.42. The minimum atomic E-state index is -1.10. The Kier molecular flexibility index (Phi) is 2.71. The van der Waals surface area contributed by atoms with Gasteiger partial charge in [0.15, 0.2) is 0 Å². The summed E-state index contributed by atoms with van der Waals surface area (Å²) in [6.07, 6.45) is 1.44. The summed E-state index contributed by atoms with van der Waals surface area (Å²) in [5.74, 6) is -1.20. The number of benzene rings is 2. The molecule has 0 aliphatic carbocycles. The molecule has 0 spiro atoms. The molecule has 0 saturated heterocycles. The summed E-state index contributed by atoms with van der Waals surface area (Å²) in [6, 6.07) is 10.4. The van der Waals surface area contributed by atoms with Crippen molar-refractivity contribution < 1.29 is 19.4 Å². The summed E-state index contributed by atoms with van der Waals surface area (Å²) in [5.41, 5.74) is 2.71. The van der Waals surface area contributed by atoms with Gasteiger partial charge in [-0.3, -0.25) is 0 Å². The van der Waals surface area contributed by atoms with Crippen LogP contribution in [-0.2, 0) is 0 Å². The molecule has 0 atom stereocenters. The maximum absolute atomic E-state index is 11.4. The highest BCUT2D eigenvalue weighted by molar-refractivity contribution is 6.07. The highest BCUT2D eigenvalue weighted by Crippen LogP contribution is 2.38. The van der Waals surface area contributed by atoms with Gasteiger partial charge >= 0.3 is 5.97 Å². The lowest BCUT2D eigenvalue weighted by atomic mass is 9.96. The normalized spacial score (nSPS) is 10.8. The molecule has 3 rings (SSSR count). The molecule has 0 fully saturated rings. The number of carboxylic acid groups (broad SMARTS) is 1. The van der Waals surface area contributed by atoms with Crippen molar-refractivity contribution >= 4 is 16.9 Å². The third kappa shape index (κ3) is 1.82. The lowest BCUT2D eigenvalue weighted by Gasteiger charge is -2.09. The molecule has 1 aromatic heterocycles. The maximum atomic E-state index is 11.4. The molecule has 0 radical (unpaired) electrons. The fourth-order valence-corrected chi connectivity index (χ4v) is 2.29. The number of aromatic carboxylic acids is 1. The molecule has 0 aliphatic rings. The van der Waals surface area contributed by atoms with Crippen LogP contribution in [0.2, 0.25) is 0 Å². The first-order valence-corrected chi connectivity index (χ1v) is 6.11. The molecule has 4 heteroatoms. The molecule has 3 aromatic rings. The first-order chi connectivity index (χ1) is 9.58. The van der Waals surface area contributed by atoms with Gasteiger partial charge in [-0.15, -0.1) is 0 Å². The summed E-state index contributed by atoms with van der Waals surface area (Å²) < 4.78 is 5.38. The van der Waals surface area contributed by atoms with E-state index in [-0.39, 0.29) is 11.3 Å². The minimum Gasteiger partial charge on any atom is -0.507 e. The zero-order chi connectivity index (χ0) is 14.3. The van der Waals surface area contributed by atoms with Gasteiger partial charge in [-0.25, -0.2) is 4.79 Å². The number of furan rings is 1. The number of rotatable bonds is 2. The second-order valence-corrected chi connectivity index (χ2v) is 4.65. The number of hydrogen-bond donors (Lipinski definition) is 2. The Morgan fingerprint density at radius 2 is 1.85 bits per heavy atom. The first kappa shape index (κ1) is 12.3. The molecule has 100 valence electrons. The van der Waals surface area contributed by atoms with Gasteiger partial charge in [0, 0.05) is 5.56 Å². The molecular formula is C16H12O4. The molecule has 0 aliphatic heterocycles. The van der Waals surface area contributed by atoms with Crippen LogP contribution in [-0.4, -0.2) is 16.2 Å². The predicted octanol–water partition coefficient (Wildman–Crippen LogP) is 3.81. The van der Waals surface area contributed by atoms with Crippen LogP contribution in [0.1, 0.15) is 15.9 Å². The third-order valence-electron chi connectivity index (χ3n) is 3.29. The lowest BCUT2D eigenvalue weighted by Crippen LogP contribution is -2.00. The first-order valence-electron chi connectivity index (χ1n) is 6.11. The van der Waals surface area contributed by atoms with E-state index >= 15 is 0 Å². The smallest absolute Gasteiger partial charge is 0.336 e. The van der Waals surface area contributed by atoms with Crippen LogP contribution in [0.15, 0.2) is 47.1 Å². The van der Waals surface area contributed by atoms with Crippen molar-refractivity contribution in [3.63, 3.8) is 0 Å². The summed E-state index contributed by atoms with van der Waals surface area (Å²) in [7, 11) is 0. The Bertz CT molecular complexity index is 797. The standard InChI is InChI=1S/C16H12O4/c1-9-2-4-10(5-3-9)14-12(16(18)19)8-13(17)11-6-7-20-15(11)14/h2-8,17H,1H3,(H,18,19). The molecule has 0 bridgehead atoms. The van der Waals surface area contributed by atoms with Crippen molar-refractivity contribution in [1.82, 2.24) is 0 Å². The van der Waals surface area contributed by atoms with Crippen molar-refractivity contribution in [2.75, 3.05) is 0 Å². The van der Waals surface area contributed by atoms with Crippen LogP contribution in [0.25, 0.3) is 22.1 Å². The fraction of sp³-hybridized carbons (Fsp3) is 0.0625. The van der Waals surface area contributed by atoms with Crippen molar-refractivity contribution in [1.29, 1.82) is 0 Å². The number of hydrogen-bond acceptors (Lipinski definition) is 3. The van der Waals surface area contributed by atoms with E-state index < -0.39 is 5.97 Å². The zero-order valence-electron chi connectivity index (χ0n) is 10.8. The molecule has 0 amide bonds.